The molecule has 1 aromatic carbocycles. The van der Waals surface area contributed by atoms with E-state index in [-0.39, 0.29) is 5.91 Å². The van der Waals surface area contributed by atoms with Crippen molar-refractivity contribution < 1.29 is 4.79 Å². The van der Waals surface area contributed by atoms with E-state index in [0.717, 1.165) is 12.1 Å². The molecule has 0 unspecified atom stereocenters. The number of rotatable bonds is 8. The number of amides is 1. The van der Waals surface area contributed by atoms with Crippen LogP contribution < -0.4 is 10.6 Å². The summed E-state index contributed by atoms with van der Waals surface area (Å²) in [5, 5.41) is 5.99. The summed E-state index contributed by atoms with van der Waals surface area (Å²) in [6.07, 6.45) is 7.73. The Kier molecular flexibility index (Phi) is 6.96. The molecule has 1 amide bonds. The number of carbonyl (C=O) groups excluding carboxylic acids is 1. The van der Waals surface area contributed by atoms with E-state index in [1.807, 2.05) is 0 Å². The molecule has 0 aliphatic carbocycles. The first kappa shape index (κ1) is 18.3. The fraction of sp³-hybridized carbons (Fsp3) is 0.450. The van der Waals surface area contributed by atoms with E-state index in [9.17, 15) is 4.79 Å². The van der Waals surface area contributed by atoms with Gasteiger partial charge in [-0.15, -0.1) is 0 Å². The van der Waals surface area contributed by atoms with Gasteiger partial charge in [0.05, 0.1) is 0 Å². The predicted octanol–water partition coefficient (Wildman–Crippen LogP) is 2.58. The number of nitrogens with one attached hydrogen (secondary N) is 2. The smallest absolute Gasteiger partial charge is 0.222 e. The first-order chi connectivity index (χ1) is 12.8. The molecule has 1 fully saturated rings. The van der Waals surface area contributed by atoms with Gasteiger partial charge in [0.1, 0.15) is 0 Å². The summed E-state index contributed by atoms with van der Waals surface area (Å²) in [7, 11) is 0. The third kappa shape index (κ3) is 6.11. The molecular weight excluding hydrogens is 326 g/mol. The molecule has 1 saturated heterocycles. The van der Waals surface area contributed by atoms with Crippen LogP contribution in [0.4, 0.5) is 5.95 Å². The summed E-state index contributed by atoms with van der Waals surface area (Å²) in [5.74, 6) is 0.565. The normalized spacial score (nSPS) is 14.8. The fourth-order valence-electron chi connectivity index (χ4n) is 3.11. The van der Waals surface area contributed by atoms with E-state index in [1.165, 1.54) is 37.9 Å². The van der Waals surface area contributed by atoms with Gasteiger partial charge in [0.15, 0.2) is 0 Å². The lowest BCUT2D eigenvalue weighted by atomic mass is 10.1. The van der Waals surface area contributed by atoms with E-state index in [0.29, 0.717) is 25.5 Å². The van der Waals surface area contributed by atoms with E-state index < -0.39 is 0 Å². The van der Waals surface area contributed by atoms with Crippen molar-refractivity contribution in [2.24, 2.45) is 0 Å². The Balaban J connectivity index is 1.35. The first-order valence-electron chi connectivity index (χ1n) is 9.37. The zero-order valence-corrected chi connectivity index (χ0v) is 15.2. The van der Waals surface area contributed by atoms with Crippen LogP contribution in [0.25, 0.3) is 0 Å². The third-order valence-corrected chi connectivity index (χ3v) is 4.57. The van der Waals surface area contributed by atoms with Crippen LogP contribution in [0.2, 0.25) is 0 Å². The van der Waals surface area contributed by atoms with Gasteiger partial charge >= 0.3 is 0 Å². The number of hydrogen-bond acceptors (Lipinski definition) is 5. The molecule has 0 atom stereocenters. The van der Waals surface area contributed by atoms with Gasteiger partial charge in [-0.1, -0.05) is 30.7 Å². The zero-order chi connectivity index (χ0) is 18.0. The third-order valence-electron chi connectivity index (χ3n) is 4.57. The predicted molar refractivity (Wildman–Crippen MR) is 103 cm³/mol. The largest absolute Gasteiger partial charge is 0.354 e. The Hall–Kier alpha value is -2.47. The van der Waals surface area contributed by atoms with Gasteiger partial charge in [-0.3, -0.25) is 9.69 Å². The van der Waals surface area contributed by atoms with Gasteiger partial charge in [-0.25, -0.2) is 9.97 Å². The molecule has 6 heteroatoms. The second-order valence-electron chi connectivity index (χ2n) is 6.68. The van der Waals surface area contributed by atoms with E-state index in [4.69, 9.17) is 0 Å². The van der Waals surface area contributed by atoms with Crippen molar-refractivity contribution in [3.8, 4) is 0 Å². The topological polar surface area (TPSA) is 70.1 Å². The maximum absolute atomic E-state index is 11.9. The minimum absolute atomic E-state index is 0.0193. The fourth-order valence-corrected chi connectivity index (χ4v) is 3.11. The Bertz CT molecular complexity index is 668. The number of hydrogen-bond donors (Lipinski definition) is 2. The summed E-state index contributed by atoms with van der Waals surface area (Å²) in [5.41, 5.74) is 2.47. The maximum atomic E-state index is 11.9. The zero-order valence-electron chi connectivity index (χ0n) is 15.2. The quantitative estimate of drug-likeness (QED) is 0.763. The molecule has 2 aromatic rings. The van der Waals surface area contributed by atoms with Crippen LogP contribution in [-0.4, -0.2) is 40.4 Å². The molecule has 1 aliphatic rings. The lowest BCUT2D eigenvalue weighted by Gasteiger charge is -2.26. The highest BCUT2D eigenvalue weighted by molar-refractivity contribution is 5.76. The van der Waals surface area contributed by atoms with Crippen LogP contribution in [0.1, 0.15) is 36.8 Å². The molecule has 138 valence electrons. The van der Waals surface area contributed by atoms with Crippen molar-refractivity contribution in [2.75, 3.05) is 25.0 Å². The second-order valence-corrected chi connectivity index (χ2v) is 6.68. The molecule has 1 aliphatic heterocycles. The summed E-state index contributed by atoms with van der Waals surface area (Å²) in [6, 6.07) is 10.3. The number of carbonyl (C=O) groups is 1. The lowest BCUT2D eigenvalue weighted by molar-refractivity contribution is -0.121. The molecule has 0 saturated carbocycles. The highest BCUT2D eigenvalue weighted by Crippen LogP contribution is 2.13. The summed E-state index contributed by atoms with van der Waals surface area (Å²) >= 11 is 0. The number of likely N-dealkylation sites (tertiary alicyclic amines) is 1. The van der Waals surface area contributed by atoms with Gasteiger partial charge in [0, 0.05) is 38.4 Å². The van der Waals surface area contributed by atoms with Crippen LogP contribution in [0.3, 0.4) is 0 Å². The van der Waals surface area contributed by atoms with Gasteiger partial charge in [-0.2, -0.15) is 0 Å². The average Bonchev–Trinajstić information content (AvgIpc) is 2.69. The number of aromatic nitrogens is 2. The minimum atomic E-state index is 0.0193. The lowest BCUT2D eigenvalue weighted by Crippen LogP contribution is -2.29. The molecule has 0 bridgehead atoms. The Morgan fingerprint density at radius 2 is 1.69 bits per heavy atom. The van der Waals surface area contributed by atoms with Crippen molar-refractivity contribution in [3.05, 3.63) is 53.9 Å². The molecule has 3 rings (SSSR count). The number of benzene rings is 1. The van der Waals surface area contributed by atoms with Crippen LogP contribution in [0.5, 0.6) is 0 Å². The van der Waals surface area contributed by atoms with Gasteiger partial charge < -0.3 is 10.6 Å². The molecule has 1 aromatic heterocycles. The molecule has 0 spiro atoms. The molecule has 6 nitrogen and oxygen atoms in total. The highest BCUT2D eigenvalue weighted by Gasteiger charge is 2.10. The minimum Gasteiger partial charge on any atom is -0.354 e. The first-order valence-corrected chi connectivity index (χ1v) is 9.37. The number of anilines is 1. The van der Waals surface area contributed by atoms with Crippen LogP contribution in [-0.2, 0) is 17.9 Å². The monoisotopic (exact) mass is 353 g/mol. The Morgan fingerprint density at radius 3 is 2.42 bits per heavy atom. The van der Waals surface area contributed by atoms with Crippen molar-refractivity contribution >= 4 is 11.9 Å². The van der Waals surface area contributed by atoms with E-state index >= 15 is 0 Å². The van der Waals surface area contributed by atoms with E-state index in [2.05, 4.69) is 49.8 Å². The molecular formula is C20H27N5O. The number of piperidine rings is 1. The SMILES string of the molecule is O=C(CCNc1ncccn1)NCc1ccc(CN2CCCCC2)cc1. The van der Waals surface area contributed by atoms with Crippen LogP contribution in [0.15, 0.2) is 42.7 Å². The Morgan fingerprint density at radius 1 is 1.00 bits per heavy atom. The highest BCUT2D eigenvalue weighted by atomic mass is 16.1. The van der Waals surface area contributed by atoms with Crippen molar-refractivity contribution in [1.82, 2.24) is 20.2 Å². The molecule has 2 heterocycles. The average molecular weight is 353 g/mol. The van der Waals surface area contributed by atoms with Crippen LogP contribution >= 0.6 is 0 Å². The summed E-state index contributed by atoms with van der Waals surface area (Å²) in [4.78, 5) is 22.6. The second kappa shape index (κ2) is 9.87. The van der Waals surface area contributed by atoms with Gasteiger partial charge in [0.2, 0.25) is 11.9 Å². The Labute approximate surface area is 155 Å². The molecule has 0 radical (unpaired) electrons. The number of nitrogens with zero attached hydrogens (tertiary/aromatic N) is 3. The molecule has 2 N–H and O–H groups in total. The van der Waals surface area contributed by atoms with Crippen LogP contribution in [0, 0.1) is 0 Å². The van der Waals surface area contributed by atoms with Crippen molar-refractivity contribution in [3.63, 3.8) is 0 Å². The summed E-state index contributed by atoms with van der Waals surface area (Å²) in [6.45, 7) is 4.52. The van der Waals surface area contributed by atoms with Crippen molar-refractivity contribution in [1.29, 1.82) is 0 Å². The van der Waals surface area contributed by atoms with Crippen molar-refractivity contribution in [2.45, 2.75) is 38.8 Å². The standard InChI is InChI=1S/C20H27N5O/c26-19(9-12-23-20-21-10-4-11-22-20)24-15-17-5-7-18(8-6-17)16-25-13-2-1-3-14-25/h4-8,10-11H,1-3,9,12-16H2,(H,24,26)(H,21,22,23). The van der Waals surface area contributed by atoms with Gasteiger partial charge in [-0.05, 0) is 43.1 Å². The maximum Gasteiger partial charge on any atom is 0.222 e. The summed E-state index contributed by atoms with van der Waals surface area (Å²) < 4.78 is 0. The molecule has 26 heavy (non-hydrogen) atoms. The van der Waals surface area contributed by atoms with Gasteiger partial charge in [0.25, 0.3) is 0 Å². The van der Waals surface area contributed by atoms with E-state index in [1.54, 1.807) is 18.5 Å².